The maximum atomic E-state index is 13.0. The van der Waals surface area contributed by atoms with E-state index >= 15 is 0 Å². The van der Waals surface area contributed by atoms with Gasteiger partial charge in [0.15, 0.2) is 11.6 Å². The first kappa shape index (κ1) is 18.2. The van der Waals surface area contributed by atoms with Gasteiger partial charge in [-0.25, -0.2) is 9.97 Å². The smallest absolute Gasteiger partial charge is 0.189 e. The maximum Gasteiger partial charge on any atom is 0.189 e. The second kappa shape index (κ2) is 7.82. The summed E-state index contributed by atoms with van der Waals surface area (Å²) >= 11 is 0. The molecule has 0 spiro atoms. The Bertz CT molecular complexity index is 963. The second-order valence-corrected chi connectivity index (χ2v) is 7.05. The molecule has 4 rings (SSSR count). The van der Waals surface area contributed by atoms with E-state index in [0.29, 0.717) is 5.69 Å². The Hall–Kier alpha value is -3.19. The van der Waals surface area contributed by atoms with Crippen LogP contribution in [0.15, 0.2) is 53.5 Å². The monoisotopic (exact) mass is 377 g/mol. The van der Waals surface area contributed by atoms with Crippen molar-refractivity contribution in [1.29, 1.82) is 0 Å². The molecule has 144 valence electrons. The van der Waals surface area contributed by atoms with E-state index in [1.165, 1.54) is 0 Å². The molecule has 0 amide bonds. The highest BCUT2D eigenvalue weighted by Crippen LogP contribution is 2.26. The van der Waals surface area contributed by atoms with Gasteiger partial charge in [0.25, 0.3) is 0 Å². The third-order valence-corrected chi connectivity index (χ3v) is 5.10. The molecule has 0 unspecified atom stereocenters. The second-order valence-electron chi connectivity index (χ2n) is 7.05. The van der Waals surface area contributed by atoms with Crippen LogP contribution < -0.4 is 16.4 Å². The molecule has 1 saturated heterocycles. The standard InChI is InChI=1S/C21H23N5O2/c22-16-5-8-26(9-6-16)18-4-2-1-3-14(18)11-19(27)20-21(23)24-12-17(25-20)15-7-10-28-13-15/h1-4,7,10,12-13,16H,5-6,8-9,11,22H2,(H2,23,24). The van der Waals surface area contributed by atoms with Crippen LogP contribution in [-0.2, 0) is 6.42 Å². The van der Waals surface area contributed by atoms with Gasteiger partial charge in [0.2, 0.25) is 0 Å². The van der Waals surface area contributed by atoms with Crippen LogP contribution in [0.4, 0.5) is 11.5 Å². The van der Waals surface area contributed by atoms with Gasteiger partial charge in [-0.05, 0) is 30.5 Å². The van der Waals surface area contributed by atoms with E-state index in [0.717, 1.165) is 42.7 Å². The van der Waals surface area contributed by atoms with E-state index in [9.17, 15) is 4.79 Å². The Morgan fingerprint density at radius 3 is 2.75 bits per heavy atom. The van der Waals surface area contributed by atoms with Crippen molar-refractivity contribution in [1.82, 2.24) is 9.97 Å². The highest BCUT2D eigenvalue weighted by Gasteiger charge is 2.21. The van der Waals surface area contributed by atoms with Gasteiger partial charge in [0, 0.05) is 36.8 Å². The van der Waals surface area contributed by atoms with Crippen molar-refractivity contribution >= 4 is 17.3 Å². The molecular formula is C21H23N5O2. The first-order valence-electron chi connectivity index (χ1n) is 9.38. The van der Waals surface area contributed by atoms with Gasteiger partial charge in [-0.2, -0.15) is 0 Å². The zero-order valence-corrected chi connectivity index (χ0v) is 15.5. The van der Waals surface area contributed by atoms with Crippen LogP contribution in [0.5, 0.6) is 0 Å². The fraction of sp³-hybridized carbons (Fsp3) is 0.286. The molecule has 0 saturated carbocycles. The van der Waals surface area contributed by atoms with Gasteiger partial charge >= 0.3 is 0 Å². The molecular weight excluding hydrogens is 354 g/mol. The number of benzene rings is 1. The summed E-state index contributed by atoms with van der Waals surface area (Å²) in [4.78, 5) is 23.9. The van der Waals surface area contributed by atoms with Gasteiger partial charge in [-0.1, -0.05) is 18.2 Å². The summed E-state index contributed by atoms with van der Waals surface area (Å²) in [5.74, 6) is -0.0184. The average Bonchev–Trinajstić information content (AvgIpc) is 3.24. The molecule has 3 aromatic rings. The van der Waals surface area contributed by atoms with Gasteiger partial charge in [0.1, 0.15) is 5.69 Å². The normalized spacial score (nSPS) is 15.0. The predicted molar refractivity (Wildman–Crippen MR) is 108 cm³/mol. The predicted octanol–water partition coefficient (Wildman–Crippen LogP) is 2.67. The summed E-state index contributed by atoms with van der Waals surface area (Å²) in [5.41, 5.74) is 15.5. The number of rotatable bonds is 5. The molecule has 3 heterocycles. The third kappa shape index (κ3) is 3.75. The quantitative estimate of drug-likeness (QED) is 0.658. The zero-order chi connectivity index (χ0) is 19.5. The Kier molecular flexibility index (Phi) is 5.08. The summed E-state index contributed by atoms with van der Waals surface area (Å²) in [5, 5.41) is 0. The number of hydrogen-bond acceptors (Lipinski definition) is 7. The number of aromatic nitrogens is 2. The number of ketones is 1. The van der Waals surface area contributed by atoms with Crippen LogP contribution in [0.2, 0.25) is 0 Å². The van der Waals surface area contributed by atoms with E-state index in [1.54, 1.807) is 24.8 Å². The summed E-state index contributed by atoms with van der Waals surface area (Å²) in [6, 6.07) is 9.99. The highest BCUT2D eigenvalue weighted by molar-refractivity contribution is 6.00. The van der Waals surface area contributed by atoms with E-state index in [1.807, 2.05) is 18.2 Å². The molecule has 1 aromatic carbocycles. The van der Waals surface area contributed by atoms with Gasteiger partial charge in [-0.15, -0.1) is 0 Å². The molecule has 1 aliphatic heterocycles. The number of nitrogens with two attached hydrogens (primary N) is 2. The van der Waals surface area contributed by atoms with Gasteiger partial charge in [0.05, 0.1) is 24.4 Å². The molecule has 1 aliphatic rings. The van der Waals surface area contributed by atoms with Crippen LogP contribution in [0.25, 0.3) is 11.3 Å². The topological polar surface area (TPSA) is 111 Å². The lowest BCUT2D eigenvalue weighted by Gasteiger charge is -2.33. The molecule has 1 fully saturated rings. The lowest BCUT2D eigenvalue weighted by atomic mass is 10.0. The van der Waals surface area contributed by atoms with Crippen molar-refractivity contribution in [3.05, 3.63) is 60.3 Å². The molecule has 0 aliphatic carbocycles. The lowest BCUT2D eigenvalue weighted by molar-refractivity contribution is 0.0989. The summed E-state index contributed by atoms with van der Waals surface area (Å²) < 4.78 is 5.09. The van der Waals surface area contributed by atoms with Crippen molar-refractivity contribution in [2.45, 2.75) is 25.3 Å². The van der Waals surface area contributed by atoms with E-state index in [2.05, 4.69) is 20.9 Å². The molecule has 0 atom stereocenters. The van der Waals surface area contributed by atoms with Crippen LogP contribution in [-0.4, -0.2) is 34.9 Å². The van der Waals surface area contributed by atoms with Crippen molar-refractivity contribution < 1.29 is 9.21 Å². The van der Waals surface area contributed by atoms with E-state index < -0.39 is 0 Å². The Morgan fingerprint density at radius 1 is 1.21 bits per heavy atom. The van der Waals surface area contributed by atoms with Crippen molar-refractivity contribution in [2.24, 2.45) is 5.73 Å². The van der Waals surface area contributed by atoms with Crippen LogP contribution >= 0.6 is 0 Å². The Balaban J connectivity index is 1.59. The van der Waals surface area contributed by atoms with Gasteiger partial charge < -0.3 is 20.8 Å². The van der Waals surface area contributed by atoms with Gasteiger partial charge in [-0.3, -0.25) is 4.79 Å². The van der Waals surface area contributed by atoms with Crippen LogP contribution in [0.3, 0.4) is 0 Å². The largest absolute Gasteiger partial charge is 0.472 e. The molecule has 7 heteroatoms. The van der Waals surface area contributed by atoms with E-state index in [4.69, 9.17) is 15.9 Å². The Labute approximate surface area is 163 Å². The molecule has 4 N–H and O–H groups in total. The number of hydrogen-bond donors (Lipinski definition) is 2. The van der Waals surface area contributed by atoms with E-state index in [-0.39, 0.29) is 29.8 Å². The SMILES string of the molecule is Nc1ncc(-c2ccoc2)nc1C(=O)Cc1ccccc1N1CCC(N)CC1. The minimum atomic E-state index is -0.156. The summed E-state index contributed by atoms with van der Waals surface area (Å²) in [6.45, 7) is 1.79. The summed E-state index contributed by atoms with van der Waals surface area (Å²) in [6.07, 6.45) is 6.77. The fourth-order valence-electron chi connectivity index (χ4n) is 3.52. The van der Waals surface area contributed by atoms with Crippen molar-refractivity contribution in [2.75, 3.05) is 23.7 Å². The number of carbonyl (C=O) groups is 1. The zero-order valence-electron chi connectivity index (χ0n) is 15.5. The first-order chi connectivity index (χ1) is 13.6. The molecule has 0 radical (unpaired) electrons. The number of para-hydroxylation sites is 1. The number of nitrogens with zero attached hydrogens (tertiary/aromatic N) is 3. The molecule has 0 bridgehead atoms. The number of Topliss-reactive ketones (excluding diaryl/α,β-unsaturated/α-hetero) is 1. The maximum absolute atomic E-state index is 13.0. The molecule has 7 nitrogen and oxygen atoms in total. The van der Waals surface area contributed by atoms with Crippen molar-refractivity contribution in [3.8, 4) is 11.3 Å². The number of piperidine rings is 1. The number of furan rings is 1. The van der Waals surface area contributed by atoms with Crippen molar-refractivity contribution in [3.63, 3.8) is 0 Å². The minimum absolute atomic E-state index is 0.138. The van der Waals surface area contributed by atoms with Crippen LogP contribution in [0, 0.1) is 0 Å². The Morgan fingerprint density at radius 2 is 2.00 bits per heavy atom. The molecule has 28 heavy (non-hydrogen) atoms. The molecule has 2 aromatic heterocycles. The first-order valence-corrected chi connectivity index (χ1v) is 9.38. The highest BCUT2D eigenvalue weighted by atomic mass is 16.3. The average molecular weight is 377 g/mol. The fourth-order valence-corrected chi connectivity index (χ4v) is 3.52. The number of anilines is 2. The van der Waals surface area contributed by atoms with Crippen LogP contribution in [0.1, 0.15) is 28.9 Å². The number of nitrogen functional groups attached to an aromatic ring is 1. The third-order valence-electron chi connectivity index (χ3n) is 5.10. The summed E-state index contributed by atoms with van der Waals surface area (Å²) in [7, 11) is 0. The lowest BCUT2D eigenvalue weighted by Crippen LogP contribution is -2.40. The number of carbonyl (C=O) groups excluding carboxylic acids is 1. The minimum Gasteiger partial charge on any atom is -0.472 e.